The van der Waals surface area contributed by atoms with Crippen LogP contribution in [0.5, 0.6) is 11.5 Å². The second-order valence-corrected chi connectivity index (χ2v) is 14.8. The normalized spacial score (nSPS) is 20.6. The fourth-order valence-corrected chi connectivity index (χ4v) is 6.44. The van der Waals surface area contributed by atoms with Crippen LogP contribution >= 0.6 is 0 Å². The molecule has 52 heavy (non-hydrogen) atoms. The van der Waals surface area contributed by atoms with Gasteiger partial charge in [0.1, 0.15) is 18.5 Å². The molecule has 4 N–H and O–H groups in total. The number of fused-ring (bicyclic) bond motifs is 2. The topological polar surface area (TPSA) is 154 Å². The maximum atomic E-state index is 12.9. The van der Waals surface area contributed by atoms with Crippen molar-refractivity contribution in [2.45, 2.75) is 116 Å². The summed E-state index contributed by atoms with van der Waals surface area (Å²) in [6.45, 7) is 16.3. The zero-order chi connectivity index (χ0) is 37.1. The Morgan fingerprint density at radius 2 is 1.62 bits per heavy atom. The fourth-order valence-electron chi connectivity index (χ4n) is 6.44. The molecule has 0 radical (unpaired) electrons. The Morgan fingerprint density at radius 3 is 2.15 bits per heavy atom. The van der Waals surface area contributed by atoms with E-state index in [0.717, 1.165) is 54.4 Å². The van der Waals surface area contributed by atoms with E-state index in [1.165, 1.54) is 20.8 Å². The van der Waals surface area contributed by atoms with Crippen LogP contribution in [0.3, 0.4) is 0 Å². The number of likely N-dealkylation sites (tertiary alicyclic amines) is 2. The number of carbonyl (C=O) groups excluding carboxylic acids is 1. The van der Waals surface area contributed by atoms with Crippen LogP contribution in [0.15, 0.2) is 53.9 Å². The van der Waals surface area contributed by atoms with Gasteiger partial charge in [-0.05, 0) is 57.2 Å². The Hall–Kier alpha value is -3.15. The zero-order valence-corrected chi connectivity index (χ0v) is 34.1. The number of piperazine rings is 1. The van der Waals surface area contributed by atoms with Crippen molar-refractivity contribution in [2.24, 2.45) is 4.99 Å². The molecule has 1 saturated carbocycles. The molecule has 1 aliphatic carbocycles. The molecule has 1 unspecified atom stereocenters. The van der Waals surface area contributed by atoms with E-state index in [9.17, 15) is 15.0 Å². The Bertz CT molecular complexity index is 1560. The van der Waals surface area contributed by atoms with E-state index in [-0.39, 0.29) is 50.9 Å². The Kier molecular flexibility index (Phi) is 13.9. The van der Waals surface area contributed by atoms with Gasteiger partial charge in [0, 0.05) is 83.3 Å². The summed E-state index contributed by atoms with van der Waals surface area (Å²) in [5.74, 6) is -0.621. The van der Waals surface area contributed by atoms with Gasteiger partial charge < -0.3 is 49.2 Å². The number of phenols is 1. The SMILES string of the molecule is C=C(/N=C(\c1cc(C2CC2)c(O)c(OCc2ccccc2)c1C)N1C[C@@H]2CC1CN2C(=O)OC(C)(C)O)OC1CCOCC1.C[C-](C)C(C)(O)O.[W]. The third-order valence-corrected chi connectivity index (χ3v) is 9.75. The summed E-state index contributed by atoms with van der Waals surface area (Å²) in [5, 5.41) is 38.7. The van der Waals surface area contributed by atoms with Crippen LogP contribution in [0.2, 0.25) is 0 Å². The molecule has 4 aliphatic rings. The number of amidine groups is 1. The number of carbonyl (C=O) groups is 1. The molecule has 13 heteroatoms. The fraction of sp³-hybridized carbons (Fsp3) is 0.564. The molecule has 0 aromatic heterocycles. The average molecular weight is 893 g/mol. The Balaban J connectivity index is 0.000000688. The molecule has 2 atom stereocenters. The summed E-state index contributed by atoms with van der Waals surface area (Å²) < 4.78 is 23.3. The predicted octanol–water partition coefficient (Wildman–Crippen LogP) is 5.49. The Labute approximate surface area is 321 Å². The molecular formula is C39H54N3O9W-. The number of hydrogen-bond acceptors (Lipinski definition) is 10. The van der Waals surface area contributed by atoms with Gasteiger partial charge in [-0.3, -0.25) is 5.92 Å². The molecule has 0 spiro atoms. The summed E-state index contributed by atoms with van der Waals surface area (Å²) in [6, 6.07) is 11.8. The van der Waals surface area contributed by atoms with Crippen molar-refractivity contribution in [2.75, 3.05) is 26.3 Å². The van der Waals surface area contributed by atoms with E-state index < -0.39 is 17.7 Å². The van der Waals surface area contributed by atoms with Gasteiger partial charge in [0.25, 0.3) is 0 Å². The number of rotatable bonds is 10. The second kappa shape index (κ2) is 17.3. The molecule has 3 aliphatic heterocycles. The third kappa shape index (κ3) is 10.7. The van der Waals surface area contributed by atoms with Gasteiger partial charge in [-0.15, -0.1) is 0 Å². The van der Waals surface area contributed by atoms with E-state index in [2.05, 4.69) is 11.5 Å². The molecule has 2 aromatic carbocycles. The largest absolute Gasteiger partial charge is 0.504 e. The first-order valence-electron chi connectivity index (χ1n) is 17.8. The molecule has 3 saturated heterocycles. The van der Waals surface area contributed by atoms with Gasteiger partial charge in [0.15, 0.2) is 11.5 Å². The number of phenolic OH excluding ortho intramolecular Hbond substituents is 1. The first-order chi connectivity index (χ1) is 24.0. The third-order valence-electron chi connectivity index (χ3n) is 9.75. The van der Waals surface area contributed by atoms with Crippen molar-refractivity contribution < 1.29 is 65.2 Å². The predicted molar refractivity (Wildman–Crippen MR) is 192 cm³/mol. The molecule has 286 valence electrons. The van der Waals surface area contributed by atoms with Crippen LogP contribution in [-0.4, -0.2) is 98.2 Å². The average Bonchev–Trinajstić information content (AvgIpc) is 3.70. The van der Waals surface area contributed by atoms with Crippen molar-refractivity contribution in [3.05, 3.63) is 77.0 Å². The van der Waals surface area contributed by atoms with Gasteiger partial charge in [-0.1, -0.05) is 30.3 Å². The molecular weight excluding hydrogens is 838 g/mol. The maximum Gasteiger partial charge on any atom is 0.412 e. The zero-order valence-electron chi connectivity index (χ0n) is 31.1. The number of nitrogens with zero attached hydrogens (tertiary/aromatic N) is 3. The smallest absolute Gasteiger partial charge is 0.412 e. The minimum Gasteiger partial charge on any atom is -0.504 e. The summed E-state index contributed by atoms with van der Waals surface area (Å²) in [4.78, 5) is 21.8. The molecule has 1 amide bonds. The van der Waals surface area contributed by atoms with Crippen LogP contribution in [0.25, 0.3) is 0 Å². The first kappa shape index (κ1) is 41.6. The van der Waals surface area contributed by atoms with Gasteiger partial charge in [0.2, 0.25) is 11.7 Å². The molecule has 2 bridgehead atoms. The van der Waals surface area contributed by atoms with E-state index in [4.69, 9.17) is 34.2 Å². The number of benzene rings is 2. The quantitative estimate of drug-likeness (QED) is 0.0792. The van der Waals surface area contributed by atoms with Crippen molar-refractivity contribution in [1.82, 2.24) is 9.80 Å². The van der Waals surface area contributed by atoms with Gasteiger partial charge in [-0.2, -0.15) is 18.8 Å². The molecule has 3 heterocycles. The summed E-state index contributed by atoms with van der Waals surface area (Å²) >= 11 is 0. The van der Waals surface area contributed by atoms with Crippen molar-refractivity contribution in [3.8, 4) is 11.5 Å². The number of ether oxygens (including phenoxy) is 4. The summed E-state index contributed by atoms with van der Waals surface area (Å²) in [6.07, 6.45) is 3.77. The van der Waals surface area contributed by atoms with Gasteiger partial charge in [0.05, 0.1) is 25.3 Å². The summed E-state index contributed by atoms with van der Waals surface area (Å²) in [7, 11) is 0. The molecule has 6 rings (SSSR count). The van der Waals surface area contributed by atoms with E-state index in [1.54, 1.807) is 18.7 Å². The van der Waals surface area contributed by atoms with Crippen molar-refractivity contribution in [3.63, 3.8) is 0 Å². The van der Waals surface area contributed by atoms with Crippen LogP contribution in [0.1, 0.15) is 94.9 Å². The number of amides is 1. The Morgan fingerprint density at radius 1 is 1.02 bits per heavy atom. The monoisotopic (exact) mass is 892 g/mol. The van der Waals surface area contributed by atoms with Crippen LogP contribution < -0.4 is 4.74 Å². The first-order valence-corrected chi connectivity index (χ1v) is 17.8. The van der Waals surface area contributed by atoms with Crippen molar-refractivity contribution in [1.29, 1.82) is 0 Å². The molecule has 12 nitrogen and oxygen atoms in total. The molecule has 4 fully saturated rings. The number of aliphatic hydroxyl groups is 3. The van der Waals surface area contributed by atoms with Crippen molar-refractivity contribution >= 4 is 11.9 Å². The number of aliphatic imine (C=N–C) groups is 1. The minimum atomic E-state index is -1.58. The van der Waals surface area contributed by atoms with Crippen LogP contribution in [0.4, 0.5) is 4.79 Å². The van der Waals surface area contributed by atoms with Gasteiger partial charge in [-0.25, -0.2) is 4.79 Å². The minimum absolute atomic E-state index is 0. The summed E-state index contributed by atoms with van der Waals surface area (Å²) in [5.41, 5.74) is 3.49. The standard InChI is InChI=1S/C34H43N3O7.C5H11O2.W/c1-21-28(17-29(24-10-11-24)30(38)31(21)42-20-23-8-6-5-7-9-23)32(35-22(2)43-27-12-14-41-15-13-27)36-18-26-16-25(36)19-37(26)33(39)44-34(3,4)40;1-4(2)5(3,6)7;/h5-9,17,24-27,38,40H,2,10-16,18-20H2,1,3-4H3;6-7H,1-3H3;/q;-1;/b35-32+;;/t25?,26-;;/m0../s1. The number of hydrogen-bond donors (Lipinski definition) is 4. The van der Waals surface area contributed by atoms with E-state index in [0.29, 0.717) is 56.3 Å². The molecule has 2 aromatic rings. The van der Waals surface area contributed by atoms with Crippen LogP contribution in [-0.2, 0) is 41.9 Å². The second-order valence-electron chi connectivity index (χ2n) is 14.8. The maximum absolute atomic E-state index is 12.9. The van der Waals surface area contributed by atoms with Crippen LogP contribution in [0, 0.1) is 12.8 Å². The van der Waals surface area contributed by atoms with Gasteiger partial charge >= 0.3 is 6.09 Å². The number of aromatic hydroxyl groups is 1. The van der Waals surface area contributed by atoms with E-state index >= 15 is 0 Å². The van der Waals surface area contributed by atoms with E-state index in [1.807, 2.05) is 43.3 Å².